The van der Waals surface area contributed by atoms with E-state index in [-0.39, 0.29) is 36.7 Å². The Bertz CT molecular complexity index is 3380. The molecule has 3 amide bonds. The molecule has 7 atom stereocenters. The first-order valence-electron chi connectivity index (χ1n) is 25.5. The summed E-state index contributed by atoms with van der Waals surface area (Å²) in [4.78, 5) is 79.0. The number of benzene rings is 7. The Hall–Kier alpha value is -8.98. The summed E-state index contributed by atoms with van der Waals surface area (Å²) in [5.41, 5.74) is 2.02. The molecule has 3 heterocycles. The van der Waals surface area contributed by atoms with Gasteiger partial charge >= 0.3 is 12.1 Å². The zero-order valence-corrected chi connectivity index (χ0v) is 42.5. The number of cyclic esters (lactones) is 1. The van der Waals surface area contributed by atoms with Crippen LogP contribution in [0, 0.1) is 27.9 Å². The number of esters is 1. The van der Waals surface area contributed by atoms with E-state index in [9.17, 15) is 20.3 Å². The Morgan fingerprint density at radius 3 is 2.13 bits per heavy atom. The highest BCUT2D eigenvalue weighted by atomic mass is 16.6. The number of fused-ring (bicyclic) bond motifs is 3. The third-order valence-corrected chi connectivity index (χ3v) is 14.5. The van der Waals surface area contributed by atoms with Crippen molar-refractivity contribution in [3.8, 4) is 17.6 Å². The van der Waals surface area contributed by atoms with Gasteiger partial charge in [0.25, 0.3) is 5.69 Å². The van der Waals surface area contributed by atoms with Crippen molar-refractivity contribution < 1.29 is 48.5 Å². The molecule has 0 aromatic heterocycles. The van der Waals surface area contributed by atoms with Crippen LogP contribution in [-0.4, -0.2) is 88.2 Å². The van der Waals surface area contributed by atoms with E-state index in [1.54, 1.807) is 72.8 Å². The van der Waals surface area contributed by atoms with E-state index in [1.165, 1.54) is 24.3 Å². The minimum atomic E-state index is -2.21. The van der Waals surface area contributed by atoms with Crippen molar-refractivity contribution in [1.29, 1.82) is 0 Å². The first-order chi connectivity index (χ1) is 38.0. The first-order valence-corrected chi connectivity index (χ1v) is 25.5. The quantitative estimate of drug-likeness (QED) is 0.0362. The minimum Gasteiger partial charge on any atom is -0.491 e. The summed E-state index contributed by atoms with van der Waals surface area (Å²) < 4.78 is 18.5. The third kappa shape index (κ3) is 10.3. The van der Waals surface area contributed by atoms with Crippen molar-refractivity contribution in [3.05, 3.63) is 243 Å². The van der Waals surface area contributed by atoms with E-state index in [4.69, 9.17) is 14.2 Å². The SMILES string of the molecule is CN(CC#Cc1ccc2c(c1)[C@]1(C(=O)N2C(=O)OCc2ccc([N+](=O)[O-])cc2)[C@H](C(=O)NC[C@H](O)c2ccccc2)[C@H]2C(=O)O[C@H](c3ccccc3)[C@H](c3ccccc3)N2[C@@H]1c1cccc(OCCO)c1)Cc1ccccc1. The molecule has 0 bridgehead atoms. The van der Waals surface area contributed by atoms with E-state index in [0.29, 0.717) is 52.2 Å². The van der Waals surface area contributed by atoms with Crippen LogP contribution in [0.5, 0.6) is 5.75 Å². The second-order valence-electron chi connectivity index (χ2n) is 19.4. The van der Waals surface area contributed by atoms with Crippen LogP contribution in [0.2, 0.25) is 0 Å². The molecule has 78 heavy (non-hydrogen) atoms. The number of nitro benzene ring substituents is 1. The lowest BCUT2D eigenvalue weighted by Crippen LogP contribution is -2.56. The van der Waals surface area contributed by atoms with Gasteiger partial charge in [-0.3, -0.25) is 34.3 Å². The molecule has 10 rings (SSSR count). The average Bonchev–Trinajstić information content (AvgIpc) is 2.98. The number of imide groups is 1. The number of nitro groups is 1. The standard InChI is InChI=1S/C62H55N5O11/c1-64(39-42-16-6-2-7-17-42)33-15-18-41-29-32-51-50(36-41)62(60(72)65(51)61(73)77-40-43-27-30-48(31-28-43)67(74)75)53(58(70)63-38-52(69)44-19-8-3-9-20-44)55-59(71)78-56(46-23-12-5-13-24-46)54(45-21-10-4-11-22-45)66(55)57(62)47-25-14-26-49(37-47)76-35-34-68/h2-14,16-17,19-32,36-37,52-57,68-69H,33-35,38-40H2,1H3,(H,63,70)/t52-,53-,54-,55-,56+,57+,62-/m0/s1. The van der Waals surface area contributed by atoms with Crippen molar-refractivity contribution in [2.75, 3.05) is 38.3 Å². The van der Waals surface area contributed by atoms with Gasteiger partial charge in [0.15, 0.2) is 0 Å². The fourth-order valence-electron chi connectivity index (χ4n) is 11.2. The number of amides is 3. The third-order valence-electron chi connectivity index (χ3n) is 14.5. The lowest BCUT2D eigenvalue weighted by Gasteiger charge is -2.46. The van der Waals surface area contributed by atoms with Crippen LogP contribution in [0.25, 0.3) is 0 Å². The molecule has 7 aromatic rings. The Balaban J connectivity index is 1.20. The summed E-state index contributed by atoms with van der Waals surface area (Å²) in [6.07, 6.45) is -3.34. The van der Waals surface area contributed by atoms with Gasteiger partial charge in [0, 0.05) is 30.8 Å². The highest BCUT2D eigenvalue weighted by Crippen LogP contribution is 2.66. The maximum absolute atomic E-state index is 16.7. The molecule has 0 aliphatic carbocycles. The Labute approximate surface area is 450 Å². The van der Waals surface area contributed by atoms with Crippen LogP contribution in [0.4, 0.5) is 16.2 Å². The van der Waals surface area contributed by atoms with Gasteiger partial charge in [-0.1, -0.05) is 145 Å². The zero-order chi connectivity index (χ0) is 54.3. The van der Waals surface area contributed by atoms with Crippen molar-refractivity contribution in [3.63, 3.8) is 0 Å². The minimum absolute atomic E-state index is 0.0596. The number of morpholine rings is 1. The number of hydrogen-bond donors (Lipinski definition) is 3. The summed E-state index contributed by atoms with van der Waals surface area (Å²) in [7, 11) is 1.94. The van der Waals surface area contributed by atoms with Gasteiger partial charge in [0.1, 0.15) is 36.5 Å². The first kappa shape index (κ1) is 52.5. The zero-order valence-electron chi connectivity index (χ0n) is 42.5. The van der Waals surface area contributed by atoms with Gasteiger partial charge in [-0.05, 0) is 88.5 Å². The van der Waals surface area contributed by atoms with E-state index in [1.807, 2.05) is 108 Å². The molecule has 2 saturated heterocycles. The average molecular weight is 1050 g/mol. The summed E-state index contributed by atoms with van der Waals surface area (Å²) in [5.74, 6) is 2.64. The van der Waals surface area contributed by atoms with Crippen LogP contribution >= 0.6 is 0 Å². The molecule has 7 aromatic carbocycles. The number of nitrogens with zero attached hydrogens (tertiary/aromatic N) is 4. The number of aliphatic hydroxyl groups excluding tert-OH is 2. The summed E-state index contributed by atoms with van der Waals surface area (Å²) >= 11 is 0. The normalized spacial score (nSPS) is 20.7. The largest absolute Gasteiger partial charge is 0.491 e. The molecule has 16 nitrogen and oxygen atoms in total. The molecule has 1 spiro atoms. The molecule has 0 saturated carbocycles. The van der Waals surface area contributed by atoms with Gasteiger partial charge in [-0.2, -0.15) is 0 Å². The summed E-state index contributed by atoms with van der Waals surface area (Å²) in [6, 6.07) is 50.7. The molecule has 394 valence electrons. The molecule has 0 unspecified atom stereocenters. The van der Waals surface area contributed by atoms with E-state index in [0.717, 1.165) is 10.5 Å². The summed E-state index contributed by atoms with van der Waals surface area (Å²) in [6.45, 7) is -0.144. The number of ether oxygens (including phenoxy) is 3. The van der Waals surface area contributed by atoms with Crippen molar-refractivity contribution in [2.45, 2.75) is 48.9 Å². The highest BCUT2D eigenvalue weighted by Gasteiger charge is 2.76. The number of nitrogens with one attached hydrogen (secondary N) is 1. The van der Waals surface area contributed by atoms with Gasteiger partial charge in [0.05, 0.1) is 47.9 Å². The smallest absolute Gasteiger partial charge is 0.421 e. The van der Waals surface area contributed by atoms with E-state index < -0.39 is 77.1 Å². The monoisotopic (exact) mass is 1050 g/mol. The molecule has 0 radical (unpaired) electrons. The van der Waals surface area contributed by atoms with Crippen LogP contribution in [0.3, 0.4) is 0 Å². The van der Waals surface area contributed by atoms with Gasteiger partial charge < -0.3 is 29.7 Å². The van der Waals surface area contributed by atoms with E-state index in [2.05, 4.69) is 17.2 Å². The second-order valence-corrected chi connectivity index (χ2v) is 19.4. The van der Waals surface area contributed by atoms with Crippen molar-refractivity contribution in [1.82, 2.24) is 15.1 Å². The maximum Gasteiger partial charge on any atom is 0.421 e. The number of aliphatic hydroxyl groups is 2. The lowest BCUT2D eigenvalue weighted by molar-refractivity contribution is -0.384. The molecule has 16 heteroatoms. The second kappa shape index (κ2) is 23.1. The van der Waals surface area contributed by atoms with Crippen LogP contribution in [-0.2, 0) is 42.4 Å². The number of carbonyl (C=O) groups is 4. The number of anilines is 1. The molecular weight excluding hydrogens is 991 g/mol. The Morgan fingerprint density at radius 1 is 0.795 bits per heavy atom. The molecular formula is C62H55N5O11. The fraction of sp³-hybridized carbons (Fsp3) is 0.226. The van der Waals surface area contributed by atoms with Gasteiger partial charge in [0.2, 0.25) is 11.8 Å². The lowest BCUT2D eigenvalue weighted by atomic mass is 9.65. The topological polar surface area (TPSA) is 201 Å². The number of carbonyl (C=O) groups excluding carboxylic acids is 4. The number of hydrogen-bond acceptors (Lipinski definition) is 13. The maximum atomic E-state index is 16.7. The number of rotatable bonds is 16. The van der Waals surface area contributed by atoms with E-state index >= 15 is 19.2 Å². The predicted octanol–water partition coefficient (Wildman–Crippen LogP) is 8.30. The molecule has 2 fully saturated rings. The van der Waals surface area contributed by atoms with Crippen LogP contribution in [0.1, 0.15) is 68.8 Å². The Morgan fingerprint density at radius 2 is 1.45 bits per heavy atom. The molecule has 3 aliphatic rings. The molecule has 3 aliphatic heterocycles. The van der Waals surface area contributed by atoms with Crippen LogP contribution < -0.4 is 15.0 Å². The van der Waals surface area contributed by atoms with Crippen molar-refractivity contribution >= 4 is 35.3 Å². The molecule has 3 N–H and O–H groups in total. The van der Waals surface area contributed by atoms with Crippen molar-refractivity contribution in [2.24, 2.45) is 5.92 Å². The van der Waals surface area contributed by atoms with Gasteiger partial charge in [-0.15, -0.1) is 0 Å². The van der Waals surface area contributed by atoms with Crippen LogP contribution in [0.15, 0.2) is 188 Å². The van der Waals surface area contributed by atoms with Gasteiger partial charge in [-0.25, -0.2) is 9.69 Å². The fourth-order valence-corrected chi connectivity index (χ4v) is 11.2. The number of non-ortho nitro benzene ring substituents is 1. The predicted molar refractivity (Wildman–Crippen MR) is 288 cm³/mol. The Kier molecular flexibility index (Phi) is 15.5. The highest BCUT2D eigenvalue weighted by molar-refractivity contribution is 6.23. The summed E-state index contributed by atoms with van der Waals surface area (Å²) in [5, 5.41) is 35.9.